The lowest BCUT2D eigenvalue weighted by Crippen LogP contribution is -2.42. The molecular formula is C21H23ClN4O3S2. The summed E-state index contributed by atoms with van der Waals surface area (Å²) in [4.78, 5) is 17.0. The largest absolute Gasteiger partial charge is 0.273 e. The predicted octanol–water partition coefficient (Wildman–Crippen LogP) is 4.37. The van der Waals surface area contributed by atoms with Crippen LogP contribution in [0.1, 0.15) is 30.6 Å². The SMILES string of the molecule is C[C@@H]1C[C@@H](C)CN(S(=O)(=O)c2ccc(C(=O)NNc3nc4c(Cl)cccc4s3)cc2)C1. The smallest absolute Gasteiger partial charge is 0.269 e. The molecule has 2 N–H and O–H groups in total. The fraction of sp³-hybridized carbons (Fsp3) is 0.333. The van der Waals surface area contributed by atoms with Crippen molar-refractivity contribution in [1.29, 1.82) is 0 Å². The van der Waals surface area contributed by atoms with Gasteiger partial charge >= 0.3 is 0 Å². The Morgan fingerprint density at radius 3 is 2.45 bits per heavy atom. The van der Waals surface area contributed by atoms with E-state index in [9.17, 15) is 13.2 Å². The van der Waals surface area contributed by atoms with Crippen LogP contribution in [0.3, 0.4) is 0 Å². The molecule has 1 aromatic heterocycles. The van der Waals surface area contributed by atoms with Gasteiger partial charge in [0.1, 0.15) is 5.52 Å². The average molecular weight is 479 g/mol. The molecule has 1 aliphatic rings. The number of para-hydroxylation sites is 1. The molecule has 164 valence electrons. The third-order valence-electron chi connectivity index (χ3n) is 5.24. The molecule has 1 amide bonds. The number of halogens is 1. The van der Waals surface area contributed by atoms with E-state index >= 15 is 0 Å². The van der Waals surface area contributed by atoms with E-state index in [0.717, 1.165) is 11.1 Å². The summed E-state index contributed by atoms with van der Waals surface area (Å²) >= 11 is 7.49. The molecule has 2 atom stereocenters. The predicted molar refractivity (Wildman–Crippen MR) is 124 cm³/mol. The fourth-order valence-electron chi connectivity index (χ4n) is 3.88. The van der Waals surface area contributed by atoms with Crippen molar-refractivity contribution in [1.82, 2.24) is 14.7 Å². The zero-order valence-corrected chi connectivity index (χ0v) is 19.5. The first-order chi connectivity index (χ1) is 14.7. The van der Waals surface area contributed by atoms with Gasteiger partial charge in [-0.2, -0.15) is 4.31 Å². The number of carbonyl (C=O) groups excluding carboxylic acids is 1. The van der Waals surface area contributed by atoms with Gasteiger partial charge in [0.25, 0.3) is 5.91 Å². The molecule has 7 nitrogen and oxygen atoms in total. The molecule has 31 heavy (non-hydrogen) atoms. The summed E-state index contributed by atoms with van der Waals surface area (Å²) in [6.07, 6.45) is 1.03. The molecule has 1 saturated heterocycles. The number of sulfonamides is 1. The van der Waals surface area contributed by atoms with Crippen LogP contribution in [-0.4, -0.2) is 36.7 Å². The second-order valence-corrected chi connectivity index (χ2v) is 11.4. The third kappa shape index (κ3) is 4.69. The Balaban J connectivity index is 1.43. The Labute approximate surface area is 190 Å². The lowest BCUT2D eigenvalue weighted by atomic mass is 9.94. The van der Waals surface area contributed by atoms with E-state index in [0.29, 0.717) is 46.2 Å². The minimum Gasteiger partial charge on any atom is -0.273 e. The number of nitrogens with zero attached hydrogens (tertiary/aromatic N) is 2. The van der Waals surface area contributed by atoms with Crippen molar-refractivity contribution in [2.75, 3.05) is 18.5 Å². The zero-order chi connectivity index (χ0) is 22.2. The second kappa shape index (κ2) is 8.74. The minimum atomic E-state index is -3.58. The molecule has 0 saturated carbocycles. The van der Waals surface area contributed by atoms with Gasteiger partial charge in [0.15, 0.2) is 0 Å². The first-order valence-electron chi connectivity index (χ1n) is 9.95. The molecule has 10 heteroatoms. The number of benzene rings is 2. The summed E-state index contributed by atoms with van der Waals surface area (Å²) in [5.41, 5.74) is 6.38. The number of carbonyl (C=O) groups is 1. The highest BCUT2D eigenvalue weighted by Crippen LogP contribution is 2.30. The molecule has 0 unspecified atom stereocenters. The molecule has 2 aromatic carbocycles. The van der Waals surface area contributed by atoms with Crippen molar-refractivity contribution < 1.29 is 13.2 Å². The zero-order valence-electron chi connectivity index (χ0n) is 17.1. The summed E-state index contributed by atoms with van der Waals surface area (Å²) in [7, 11) is -3.58. The van der Waals surface area contributed by atoms with Crippen LogP contribution >= 0.6 is 22.9 Å². The van der Waals surface area contributed by atoms with E-state index in [1.807, 2.05) is 12.1 Å². The topological polar surface area (TPSA) is 91.4 Å². The Bertz CT molecular complexity index is 1200. The molecule has 1 fully saturated rings. The van der Waals surface area contributed by atoms with Gasteiger partial charge in [-0.1, -0.05) is 42.9 Å². The van der Waals surface area contributed by atoms with Gasteiger partial charge in [-0.25, -0.2) is 13.4 Å². The number of hydrogen-bond acceptors (Lipinski definition) is 6. The number of rotatable bonds is 5. The monoisotopic (exact) mass is 478 g/mol. The first kappa shape index (κ1) is 22.0. The standard InChI is InChI=1S/C21H23ClN4O3S2/c1-13-10-14(2)12-26(11-13)31(28,29)16-8-6-15(7-9-16)20(27)24-25-21-23-19-17(22)4-3-5-18(19)30-21/h3-9,13-14H,10-12H2,1-2H3,(H,23,25)(H,24,27)/t13-,14-/m1/s1. The van der Waals surface area contributed by atoms with Crippen molar-refractivity contribution in [3.63, 3.8) is 0 Å². The number of aromatic nitrogens is 1. The van der Waals surface area contributed by atoms with Gasteiger partial charge in [0.2, 0.25) is 15.2 Å². The Hall–Kier alpha value is -2.20. The van der Waals surface area contributed by atoms with Crippen molar-refractivity contribution in [3.8, 4) is 0 Å². The molecule has 0 spiro atoms. The second-order valence-electron chi connectivity index (χ2n) is 7.98. The molecule has 2 heterocycles. The maximum atomic E-state index is 13.0. The highest BCUT2D eigenvalue weighted by molar-refractivity contribution is 7.89. The lowest BCUT2D eigenvalue weighted by molar-refractivity contribution is 0.0962. The van der Waals surface area contributed by atoms with E-state index in [1.54, 1.807) is 10.4 Å². The van der Waals surface area contributed by atoms with Crippen LogP contribution in [0, 0.1) is 11.8 Å². The van der Waals surface area contributed by atoms with Crippen molar-refractivity contribution >= 4 is 54.2 Å². The molecule has 0 aliphatic carbocycles. The Kier molecular flexibility index (Phi) is 6.20. The van der Waals surface area contributed by atoms with E-state index in [1.165, 1.54) is 35.6 Å². The third-order valence-corrected chi connectivity index (χ3v) is 8.33. The summed E-state index contributed by atoms with van der Waals surface area (Å²) in [6.45, 7) is 5.17. The molecule has 4 rings (SSSR count). The number of hydrogen-bond donors (Lipinski definition) is 2. The number of thiazole rings is 1. The van der Waals surface area contributed by atoms with Gasteiger partial charge in [0.05, 0.1) is 14.6 Å². The van der Waals surface area contributed by atoms with Crippen LogP contribution in [0.15, 0.2) is 47.4 Å². The van der Waals surface area contributed by atoms with Crippen molar-refractivity contribution in [2.24, 2.45) is 11.8 Å². The van der Waals surface area contributed by atoms with Crippen molar-refractivity contribution in [2.45, 2.75) is 25.2 Å². The first-order valence-corrected chi connectivity index (χ1v) is 12.6. The normalized spacial score (nSPS) is 20.0. The van der Waals surface area contributed by atoms with Crippen LogP contribution in [-0.2, 0) is 10.0 Å². The number of anilines is 1. The fourth-order valence-corrected chi connectivity index (χ4v) is 6.68. The number of amides is 1. The van der Waals surface area contributed by atoms with E-state index in [-0.39, 0.29) is 4.90 Å². The van der Waals surface area contributed by atoms with Crippen LogP contribution in [0.4, 0.5) is 5.13 Å². The molecule has 3 aromatic rings. The summed E-state index contributed by atoms with van der Waals surface area (Å²) in [5.74, 6) is 0.258. The highest BCUT2D eigenvalue weighted by atomic mass is 35.5. The van der Waals surface area contributed by atoms with Crippen LogP contribution in [0.25, 0.3) is 10.2 Å². The quantitative estimate of drug-likeness (QED) is 0.531. The molecule has 0 bridgehead atoms. The van der Waals surface area contributed by atoms with E-state index < -0.39 is 15.9 Å². The van der Waals surface area contributed by atoms with Gasteiger partial charge in [0, 0.05) is 18.7 Å². The number of hydrazine groups is 1. The number of fused-ring (bicyclic) bond motifs is 1. The van der Waals surface area contributed by atoms with Gasteiger partial charge in [-0.15, -0.1) is 0 Å². The van der Waals surface area contributed by atoms with E-state index in [2.05, 4.69) is 29.7 Å². The number of piperidine rings is 1. The molecular weight excluding hydrogens is 456 g/mol. The Morgan fingerprint density at radius 1 is 1.13 bits per heavy atom. The van der Waals surface area contributed by atoms with Gasteiger partial charge < -0.3 is 0 Å². The summed E-state index contributed by atoms with van der Waals surface area (Å²) in [5, 5.41) is 1.05. The van der Waals surface area contributed by atoms with Gasteiger partial charge in [-0.3, -0.25) is 15.6 Å². The summed E-state index contributed by atoms with van der Waals surface area (Å²) in [6, 6.07) is 11.5. The number of nitrogens with one attached hydrogen (secondary N) is 2. The molecule has 0 radical (unpaired) electrons. The average Bonchev–Trinajstić information content (AvgIpc) is 3.16. The van der Waals surface area contributed by atoms with Gasteiger partial charge in [-0.05, 0) is 54.7 Å². The van der Waals surface area contributed by atoms with Crippen LogP contribution in [0.5, 0.6) is 0 Å². The minimum absolute atomic E-state index is 0.194. The lowest BCUT2D eigenvalue weighted by Gasteiger charge is -2.34. The van der Waals surface area contributed by atoms with Crippen molar-refractivity contribution in [3.05, 3.63) is 53.1 Å². The molecule has 1 aliphatic heterocycles. The maximum Gasteiger partial charge on any atom is 0.269 e. The maximum absolute atomic E-state index is 13.0. The van der Waals surface area contributed by atoms with E-state index in [4.69, 9.17) is 11.6 Å². The highest BCUT2D eigenvalue weighted by Gasteiger charge is 2.31. The van der Waals surface area contributed by atoms with Crippen LogP contribution in [0.2, 0.25) is 5.02 Å². The van der Waals surface area contributed by atoms with Crippen LogP contribution < -0.4 is 10.9 Å². The summed E-state index contributed by atoms with van der Waals surface area (Å²) < 4.78 is 28.4. The Morgan fingerprint density at radius 2 is 1.81 bits per heavy atom.